The molecule has 2 aliphatic heterocycles. The molecule has 1 unspecified atom stereocenters. The lowest BCUT2D eigenvalue weighted by molar-refractivity contribution is -0.137. The number of amides is 1. The van der Waals surface area contributed by atoms with Gasteiger partial charge in [-0.25, -0.2) is 12.7 Å². The van der Waals surface area contributed by atoms with Crippen molar-refractivity contribution in [3.05, 3.63) is 0 Å². The second-order valence-corrected chi connectivity index (χ2v) is 10.7. The first-order valence-corrected chi connectivity index (χ1v) is 12.3. The minimum absolute atomic E-state index is 0.0711. The molecule has 0 aromatic heterocycles. The predicted molar refractivity (Wildman–Crippen MR) is 99.1 cm³/mol. The Morgan fingerprint density at radius 2 is 1.54 bits per heavy atom. The van der Waals surface area contributed by atoms with Gasteiger partial charge < -0.3 is 4.90 Å². The van der Waals surface area contributed by atoms with Crippen molar-refractivity contribution in [3.63, 3.8) is 0 Å². The summed E-state index contributed by atoms with van der Waals surface area (Å²) >= 11 is 0. The molecular weight excluding hydrogens is 380 g/mol. The number of rotatable bonds is 6. The Kier molecular flexibility index (Phi) is 7.05. The number of nitrogens with zero attached hydrogens (tertiary/aromatic N) is 4. The molecule has 0 saturated carbocycles. The molecule has 0 aromatic rings. The Morgan fingerprint density at radius 1 is 0.962 bits per heavy atom. The molecule has 9 nitrogen and oxygen atoms in total. The van der Waals surface area contributed by atoms with E-state index in [0.29, 0.717) is 45.6 Å². The summed E-state index contributed by atoms with van der Waals surface area (Å²) in [7, 11) is -6.78. The highest BCUT2D eigenvalue weighted by molar-refractivity contribution is 7.88. The van der Waals surface area contributed by atoms with Gasteiger partial charge in [0.05, 0.1) is 12.2 Å². The van der Waals surface area contributed by atoms with Crippen molar-refractivity contribution in [3.8, 4) is 0 Å². The van der Waals surface area contributed by atoms with Crippen LogP contribution in [0.4, 0.5) is 0 Å². The van der Waals surface area contributed by atoms with Gasteiger partial charge in [0.25, 0.3) is 10.2 Å². The molecule has 152 valence electrons. The third kappa shape index (κ3) is 4.75. The fourth-order valence-corrected chi connectivity index (χ4v) is 6.07. The van der Waals surface area contributed by atoms with Crippen LogP contribution in [-0.2, 0) is 25.0 Å². The van der Waals surface area contributed by atoms with E-state index in [1.165, 1.54) is 12.9 Å². The predicted octanol–water partition coefficient (Wildman–Crippen LogP) is -0.611. The fourth-order valence-electron chi connectivity index (χ4n) is 3.56. The highest BCUT2D eigenvalue weighted by atomic mass is 32.2. The molecule has 0 aromatic carbocycles. The molecule has 1 atom stereocenters. The number of piperazine rings is 1. The van der Waals surface area contributed by atoms with Gasteiger partial charge in [0.15, 0.2) is 0 Å². The summed E-state index contributed by atoms with van der Waals surface area (Å²) in [6, 6.07) is 0. The van der Waals surface area contributed by atoms with Crippen LogP contribution < -0.4 is 0 Å². The van der Waals surface area contributed by atoms with Gasteiger partial charge in [-0.2, -0.15) is 17.0 Å². The zero-order chi connectivity index (χ0) is 19.5. The summed E-state index contributed by atoms with van der Waals surface area (Å²) in [6.45, 7) is 6.34. The van der Waals surface area contributed by atoms with Crippen molar-refractivity contribution < 1.29 is 21.6 Å². The second kappa shape index (κ2) is 8.51. The summed E-state index contributed by atoms with van der Waals surface area (Å²) in [6.07, 6.45) is 2.50. The van der Waals surface area contributed by atoms with E-state index in [0.717, 1.165) is 6.26 Å². The van der Waals surface area contributed by atoms with Crippen LogP contribution in [0.2, 0.25) is 0 Å². The van der Waals surface area contributed by atoms with Crippen molar-refractivity contribution in [1.29, 1.82) is 0 Å². The molecule has 1 amide bonds. The molecule has 0 bridgehead atoms. The first kappa shape index (κ1) is 21.5. The first-order valence-electron chi connectivity index (χ1n) is 9.10. The smallest absolute Gasteiger partial charge is 0.282 e. The fraction of sp³-hybridized carbons (Fsp3) is 0.933. The topological polar surface area (TPSA) is 98.3 Å². The third-order valence-corrected chi connectivity index (χ3v) is 8.57. The summed E-state index contributed by atoms with van der Waals surface area (Å²) in [5.74, 6) is -0.414. The molecule has 0 radical (unpaired) electrons. The molecule has 26 heavy (non-hydrogen) atoms. The molecule has 2 fully saturated rings. The van der Waals surface area contributed by atoms with Crippen LogP contribution in [0, 0.1) is 5.92 Å². The van der Waals surface area contributed by atoms with E-state index in [1.807, 2.05) is 0 Å². The molecule has 2 saturated heterocycles. The van der Waals surface area contributed by atoms with Crippen LogP contribution >= 0.6 is 0 Å². The van der Waals surface area contributed by atoms with Gasteiger partial charge in [-0.3, -0.25) is 4.79 Å². The van der Waals surface area contributed by atoms with Gasteiger partial charge in [0, 0.05) is 52.4 Å². The molecular formula is C15H30N4O5S2. The molecule has 0 N–H and O–H groups in total. The van der Waals surface area contributed by atoms with Gasteiger partial charge in [-0.05, 0) is 12.8 Å². The average molecular weight is 411 g/mol. The number of carbonyl (C=O) groups is 1. The van der Waals surface area contributed by atoms with Crippen LogP contribution in [0.1, 0.15) is 26.7 Å². The number of hydrogen-bond acceptors (Lipinski definition) is 5. The summed E-state index contributed by atoms with van der Waals surface area (Å²) in [5, 5.41) is 0. The minimum atomic E-state index is -3.49. The second-order valence-electron chi connectivity index (χ2n) is 6.78. The van der Waals surface area contributed by atoms with Crippen molar-refractivity contribution in [2.75, 3.05) is 58.6 Å². The van der Waals surface area contributed by atoms with E-state index in [1.54, 1.807) is 18.7 Å². The lowest BCUT2D eigenvalue weighted by Crippen LogP contribution is -2.56. The zero-order valence-electron chi connectivity index (χ0n) is 15.8. The summed E-state index contributed by atoms with van der Waals surface area (Å²) in [5.41, 5.74) is 0. The van der Waals surface area contributed by atoms with Crippen LogP contribution in [0.5, 0.6) is 0 Å². The Bertz CT molecular complexity index is 698. The minimum Gasteiger partial charge on any atom is -0.340 e. The Balaban J connectivity index is 1.96. The van der Waals surface area contributed by atoms with E-state index >= 15 is 0 Å². The number of sulfonamides is 1. The van der Waals surface area contributed by atoms with Crippen molar-refractivity contribution in [2.24, 2.45) is 5.92 Å². The van der Waals surface area contributed by atoms with E-state index in [-0.39, 0.29) is 31.5 Å². The molecule has 2 rings (SSSR count). The van der Waals surface area contributed by atoms with Gasteiger partial charge in [0.1, 0.15) is 0 Å². The van der Waals surface area contributed by atoms with Crippen LogP contribution in [0.3, 0.4) is 0 Å². The lowest BCUT2D eigenvalue weighted by Gasteiger charge is -2.39. The van der Waals surface area contributed by atoms with Crippen molar-refractivity contribution >= 4 is 26.1 Å². The van der Waals surface area contributed by atoms with Crippen LogP contribution in [-0.4, -0.2) is 99.2 Å². The summed E-state index contributed by atoms with van der Waals surface area (Å²) < 4.78 is 52.8. The molecule has 0 spiro atoms. The highest BCUT2D eigenvalue weighted by Crippen LogP contribution is 2.22. The van der Waals surface area contributed by atoms with Crippen LogP contribution in [0.15, 0.2) is 0 Å². The van der Waals surface area contributed by atoms with E-state index in [4.69, 9.17) is 0 Å². The lowest BCUT2D eigenvalue weighted by atomic mass is 9.98. The summed E-state index contributed by atoms with van der Waals surface area (Å²) in [4.78, 5) is 14.4. The average Bonchev–Trinajstić information content (AvgIpc) is 2.61. The van der Waals surface area contributed by atoms with Crippen molar-refractivity contribution in [2.45, 2.75) is 26.7 Å². The molecule has 2 aliphatic rings. The largest absolute Gasteiger partial charge is 0.340 e. The number of hydrogen-bond donors (Lipinski definition) is 0. The SMILES string of the molecule is CCN(CC)S(=O)(=O)N1CCN(C(=O)C2CCCN(S(C)(=O)=O)C2)CC1. The molecule has 11 heteroatoms. The van der Waals surface area contributed by atoms with E-state index < -0.39 is 20.2 Å². The Hall–Kier alpha value is -0.750. The Morgan fingerprint density at radius 3 is 2.04 bits per heavy atom. The highest BCUT2D eigenvalue weighted by Gasteiger charge is 2.36. The maximum absolute atomic E-state index is 12.8. The zero-order valence-corrected chi connectivity index (χ0v) is 17.4. The molecule has 0 aliphatic carbocycles. The number of carbonyl (C=O) groups excluding carboxylic acids is 1. The van der Waals surface area contributed by atoms with Crippen molar-refractivity contribution in [1.82, 2.24) is 17.8 Å². The van der Waals surface area contributed by atoms with Crippen LogP contribution in [0.25, 0.3) is 0 Å². The van der Waals surface area contributed by atoms with E-state index in [2.05, 4.69) is 0 Å². The monoisotopic (exact) mass is 410 g/mol. The maximum Gasteiger partial charge on any atom is 0.282 e. The first-order chi connectivity index (χ1) is 12.1. The Labute approximate surface area is 157 Å². The van der Waals surface area contributed by atoms with Gasteiger partial charge in [-0.15, -0.1) is 0 Å². The standard InChI is InChI=1S/C15H30N4O5S2/c1-4-17(5-2)26(23,24)18-11-9-16(10-12-18)15(20)14-7-6-8-19(13-14)25(3,21)22/h14H,4-13H2,1-3H3. The normalized spacial score (nSPS) is 24.2. The maximum atomic E-state index is 12.8. The third-order valence-electron chi connectivity index (χ3n) is 5.11. The molecule has 2 heterocycles. The van der Waals surface area contributed by atoms with Gasteiger partial charge in [-0.1, -0.05) is 13.8 Å². The van der Waals surface area contributed by atoms with Gasteiger partial charge >= 0.3 is 0 Å². The number of piperidine rings is 1. The quantitative estimate of drug-likeness (QED) is 0.582. The van der Waals surface area contributed by atoms with Gasteiger partial charge in [0.2, 0.25) is 15.9 Å². The van der Waals surface area contributed by atoms with E-state index in [9.17, 15) is 21.6 Å².